The van der Waals surface area contributed by atoms with Crippen LogP contribution in [-0.4, -0.2) is 18.0 Å². The van der Waals surface area contributed by atoms with Crippen molar-refractivity contribution in [1.29, 1.82) is 0 Å². The van der Waals surface area contributed by atoms with Crippen molar-refractivity contribution in [2.24, 2.45) is 0 Å². The summed E-state index contributed by atoms with van der Waals surface area (Å²) in [5.74, 6) is 1.39. The first-order valence-electron chi connectivity index (χ1n) is 9.47. The first-order chi connectivity index (χ1) is 15.0. The highest BCUT2D eigenvalue weighted by Crippen LogP contribution is 2.30. The molecule has 5 nitrogen and oxygen atoms in total. The van der Waals surface area contributed by atoms with E-state index in [1.54, 1.807) is 49.7 Å². The van der Waals surface area contributed by atoms with E-state index in [4.69, 9.17) is 32.4 Å². The number of amides is 1. The van der Waals surface area contributed by atoms with E-state index in [1.807, 2.05) is 30.3 Å². The van der Waals surface area contributed by atoms with E-state index < -0.39 is 0 Å². The molecule has 0 unspecified atom stereocenters. The van der Waals surface area contributed by atoms with E-state index in [1.165, 1.54) is 0 Å². The van der Waals surface area contributed by atoms with Crippen LogP contribution in [0.15, 0.2) is 77.3 Å². The van der Waals surface area contributed by atoms with Crippen molar-refractivity contribution in [2.75, 3.05) is 7.11 Å². The average Bonchev–Trinajstić information content (AvgIpc) is 3.28. The van der Waals surface area contributed by atoms with Gasteiger partial charge < -0.3 is 14.5 Å². The quantitative estimate of drug-likeness (QED) is 0.375. The lowest BCUT2D eigenvalue weighted by Crippen LogP contribution is -2.23. The summed E-state index contributed by atoms with van der Waals surface area (Å²) in [5, 5.41) is 3.93. The van der Waals surface area contributed by atoms with Crippen molar-refractivity contribution in [1.82, 2.24) is 10.3 Å². The van der Waals surface area contributed by atoms with Crippen molar-refractivity contribution >= 4 is 29.1 Å². The highest BCUT2D eigenvalue weighted by atomic mass is 35.5. The van der Waals surface area contributed by atoms with E-state index in [-0.39, 0.29) is 12.5 Å². The molecule has 31 heavy (non-hydrogen) atoms. The summed E-state index contributed by atoms with van der Waals surface area (Å²) in [6.07, 6.45) is 1.63. The van der Waals surface area contributed by atoms with Crippen LogP contribution in [0.4, 0.5) is 0 Å². The molecule has 0 spiro atoms. The summed E-state index contributed by atoms with van der Waals surface area (Å²) in [5.41, 5.74) is 2.65. The van der Waals surface area contributed by atoms with Gasteiger partial charge in [0.15, 0.2) is 5.76 Å². The standard InChI is InChI=1S/C24H18Cl2N2O3/c1-30-18-6-4-5-15(11-18)22-14-28-24(31-22)20-8-3-2-7-19(20)23(29)27-13-16-9-10-17(25)12-21(16)26/h2-12,14H,13H2,1H3,(H,27,29). The molecule has 4 rings (SSSR count). The number of benzene rings is 3. The number of rotatable bonds is 6. The number of halogens is 2. The van der Waals surface area contributed by atoms with E-state index in [9.17, 15) is 4.79 Å². The number of nitrogens with zero attached hydrogens (tertiary/aromatic N) is 1. The Hall–Kier alpha value is -3.28. The van der Waals surface area contributed by atoms with Gasteiger partial charge in [0.1, 0.15) is 5.75 Å². The maximum absolute atomic E-state index is 12.9. The number of aromatic nitrogens is 1. The number of hydrogen-bond acceptors (Lipinski definition) is 4. The zero-order chi connectivity index (χ0) is 21.8. The maximum Gasteiger partial charge on any atom is 0.252 e. The zero-order valence-corrected chi connectivity index (χ0v) is 18.1. The molecule has 4 aromatic rings. The van der Waals surface area contributed by atoms with Crippen LogP contribution in [0, 0.1) is 0 Å². The van der Waals surface area contributed by atoms with Gasteiger partial charge in [-0.05, 0) is 42.0 Å². The van der Waals surface area contributed by atoms with Crippen molar-refractivity contribution in [2.45, 2.75) is 6.54 Å². The third kappa shape index (κ3) is 4.74. The van der Waals surface area contributed by atoms with E-state index >= 15 is 0 Å². The molecule has 0 saturated heterocycles. The van der Waals surface area contributed by atoms with Gasteiger partial charge in [-0.25, -0.2) is 4.98 Å². The van der Waals surface area contributed by atoms with Crippen molar-refractivity contribution in [3.8, 4) is 28.5 Å². The lowest BCUT2D eigenvalue weighted by molar-refractivity contribution is 0.0951. The summed E-state index contributed by atoms with van der Waals surface area (Å²) in [4.78, 5) is 17.3. The minimum absolute atomic E-state index is 0.261. The molecule has 0 fully saturated rings. The van der Waals surface area contributed by atoms with Crippen LogP contribution in [0.3, 0.4) is 0 Å². The average molecular weight is 453 g/mol. The minimum atomic E-state index is -0.261. The molecule has 0 radical (unpaired) electrons. The second kappa shape index (κ2) is 9.25. The Kier molecular flexibility index (Phi) is 6.26. The van der Waals surface area contributed by atoms with Crippen LogP contribution in [0.2, 0.25) is 10.0 Å². The number of hydrogen-bond donors (Lipinski definition) is 1. The lowest BCUT2D eigenvalue weighted by atomic mass is 10.1. The van der Waals surface area contributed by atoms with Crippen LogP contribution in [-0.2, 0) is 6.54 Å². The number of ether oxygens (including phenoxy) is 1. The van der Waals surface area contributed by atoms with Gasteiger partial charge in [-0.15, -0.1) is 0 Å². The van der Waals surface area contributed by atoms with Gasteiger partial charge in [-0.1, -0.05) is 53.5 Å². The molecule has 7 heteroatoms. The largest absolute Gasteiger partial charge is 0.497 e. The number of nitrogens with one attached hydrogen (secondary N) is 1. The lowest BCUT2D eigenvalue weighted by Gasteiger charge is -2.09. The van der Waals surface area contributed by atoms with Crippen LogP contribution < -0.4 is 10.1 Å². The first kappa shape index (κ1) is 21.0. The summed E-state index contributed by atoms with van der Waals surface area (Å²) in [6.45, 7) is 0.268. The van der Waals surface area contributed by atoms with Crippen LogP contribution in [0.1, 0.15) is 15.9 Å². The smallest absolute Gasteiger partial charge is 0.252 e. The first-order valence-corrected chi connectivity index (χ1v) is 10.2. The molecule has 1 heterocycles. The van der Waals surface area contributed by atoms with Gasteiger partial charge in [0.25, 0.3) is 5.91 Å². The third-order valence-electron chi connectivity index (χ3n) is 4.72. The van der Waals surface area contributed by atoms with Gasteiger partial charge in [0.2, 0.25) is 5.89 Å². The maximum atomic E-state index is 12.9. The summed E-state index contributed by atoms with van der Waals surface area (Å²) in [7, 11) is 1.61. The van der Waals surface area contributed by atoms with E-state index in [0.29, 0.717) is 32.8 Å². The summed E-state index contributed by atoms with van der Waals surface area (Å²) >= 11 is 12.1. The highest BCUT2D eigenvalue weighted by Gasteiger charge is 2.17. The molecule has 0 aliphatic rings. The number of oxazole rings is 1. The Morgan fingerprint density at radius 1 is 1.06 bits per heavy atom. The second-order valence-electron chi connectivity index (χ2n) is 6.73. The monoisotopic (exact) mass is 452 g/mol. The number of methoxy groups -OCH3 is 1. The van der Waals surface area contributed by atoms with Crippen LogP contribution in [0.25, 0.3) is 22.8 Å². The van der Waals surface area contributed by atoms with Crippen LogP contribution >= 0.6 is 23.2 Å². The number of carbonyl (C=O) groups excluding carboxylic acids is 1. The molecular formula is C24H18Cl2N2O3. The Bertz CT molecular complexity index is 1240. The Morgan fingerprint density at radius 3 is 2.71 bits per heavy atom. The van der Waals surface area contributed by atoms with E-state index in [2.05, 4.69) is 10.3 Å². The predicted molar refractivity (Wildman–Crippen MR) is 122 cm³/mol. The van der Waals surface area contributed by atoms with Gasteiger partial charge in [-0.3, -0.25) is 4.79 Å². The van der Waals surface area contributed by atoms with Crippen molar-refractivity contribution < 1.29 is 13.9 Å². The van der Waals surface area contributed by atoms with Gasteiger partial charge in [0.05, 0.1) is 18.9 Å². The molecule has 0 aliphatic carbocycles. The summed E-state index contributed by atoms with van der Waals surface area (Å²) < 4.78 is 11.2. The topological polar surface area (TPSA) is 64.4 Å². The molecule has 1 amide bonds. The molecule has 0 atom stereocenters. The van der Waals surface area contributed by atoms with Gasteiger partial charge >= 0.3 is 0 Å². The fourth-order valence-electron chi connectivity index (χ4n) is 3.11. The van der Waals surface area contributed by atoms with Gasteiger partial charge in [0, 0.05) is 27.7 Å². The molecule has 0 bridgehead atoms. The molecular weight excluding hydrogens is 435 g/mol. The molecule has 0 aliphatic heterocycles. The molecule has 0 saturated carbocycles. The molecule has 1 aromatic heterocycles. The second-order valence-corrected chi connectivity index (χ2v) is 7.57. The van der Waals surface area contributed by atoms with E-state index in [0.717, 1.165) is 16.9 Å². The fraction of sp³-hybridized carbons (Fsp3) is 0.0833. The number of carbonyl (C=O) groups is 1. The third-order valence-corrected chi connectivity index (χ3v) is 5.30. The normalized spacial score (nSPS) is 10.7. The van der Waals surface area contributed by atoms with Crippen molar-refractivity contribution in [3.05, 3.63) is 94.1 Å². The SMILES string of the molecule is COc1cccc(-c2cnc(-c3ccccc3C(=O)NCc3ccc(Cl)cc3Cl)o2)c1. The highest BCUT2D eigenvalue weighted by molar-refractivity contribution is 6.35. The fourth-order valence-corrected chi connectivity index (χ4v) is 3.59. The molecule has 1 N–H and O–H groups in total. The van der Waals surface area contributed by atoms with Crippen molar-refractivity contribution in [3.63, 3.8) is 0 Å². The molecule has 3 aromatic carbocycles. The Labute approximate surface area is 189 Å². The zero-order valence-electron chi connectivity index (χ0n) is 16.6. The Morgan fingerprint density at radius 2 is 1.90 bits per heavy atom. The van der Waals surface area contributed by atoms with Gasteiger partial charge in [-0.2, -0.15) is 0 Å². The minimum Gasteiger partial charge on any atom is -0.497 e. The Balaban J connectivity index is 1.57. The molecule has 156 valence electrons. The van der Waals surface area contributed by atoms with Crippen LogP contribution in [0.5, 0.6) is 5.75 Å². The summed E-state index contributed by atoms with van der Waals surface area (Å²) in [6, 6.07) is 19.8. The predicted octanol–water partition coefficient (Wildman–Crippen LogP) is 6.25.